The van der Waals surface area contributed by atoms with Crippen molar-refractivity contribution >= 4 is 33.8 Å². The Bertz CT molecular complexity index is 1170. The summed E-state index contributed by atoms with van der Waals surface area (Å²) in [4.78, 5) is 12.9. The summed E-state index contributed by atoms with van der Waals surface area (Å²) in [6, 6.07) is 14.4. The molecule has 0 atom stereocenters. The Morgan fingerprint density at radius 1 is 0.917 bits per heavy atom. The number of halogens is 1. The molecule has 112 valence electrons. The van der Waals surface area contributed by atoms with E-state index in [9.17, 15) is 15.3 Å². The van der Waals surface area contributed by atoms with Crippen molar-refractivity contribution in [2.24, 2.45) is 0 Å². The van der Waals surface area contributed by atoms with E-state index >= 15 is 0 Å². The minimum atomic E-state index is -0.216. The molecule has 0 aromatic heterocycles. The lowest BCUT2D eigenvalue weighted by atomic mass is 9.79. The average molecular weight is 330 g/mol. The highest BCUT2D eigenvalue weighted by Crippen LogP contribution is 2.46. The van der Waals surface area contributed by atoms with E-state index in [1.807, 2.05) is 6.07 Å². The van der Waals surface area contributed by atoms with E-state index in [-0.39, 0.29) is 22.6 Å². The van der Waals surface area contributed by atoms with Gasteiger partial charge in [0.2, 0.25) is 0 Å². The van der Waals surface area contributed by atoms with Gasteiger partial charge in [-0.25, -0.2) is 0 Å². The molecule has 5 heteroatoms. The summed E-state index contributed by atoms with van der Waals surface area (Å²) in [5, 5.41) is 20.5. The second-order valence-electron chi connectivity index (χ2n) is 5.48. The largest absolute Gasteiger partial charge is 0.397 e. The van der Waals surface area contributed by atoms with Crippen LogP contribution in [-0.2, 0) is 0 Å². The number of nitrogens with two attached hydrogens (primary N) is 1. The van der Waals surface area contributed by atoms with Gasteiger partial charge in [-0.1, -0.05) is 41.9 Å². The van der Waals surface area contributed by atoms with Crippen LogP contribution in [0.5, 0.6) is 0 Å². The SMILES string of the molecule is N#Cc1c(N)c(C#N)c2ccc(Cl)c3c2c1-c1ccccc1C3=O. The van der Waals surface area contributed by atoms with Crippen molar-refractivity contribution in [3.8, 4) is 23.3 Å². The van der Waals surface area contributed by atoms with Crippen LogP contribution in [0.25, 0.3) is 21.9 Å². The molecule has 3 aromatic rings. The predicted octanol–water partition coefficient (Wildman–Crippen LogP) is 4.03. The van der Waals surface area contributed by atoms with Gasteiger partial charge in [0.15, 0.2) is 5.78 Å². The summed E-state index contributed by atoms with van der Waals surface area (Å²) in [6.45, 7) is 0. The molecule has 3 aromatic carbocycles. The normalized spacial score (nSPS) is 11.7. The van der Waals surface area contributed by atoms with Crippen LogP contribution in [0.4, 0.5) is 5.69 Å². The van der Waals surface area contributed by atoms with Gasteiger partial charge >= 0.3 is 0 Å². The van der Waals surface area contributed by atoms with Gasteiger partial charge in [-0.15, -0.1) is 0 Å². The van der Waals surface area contributed by atoms with Crippen LogP contribution in [0.3, 0.4) is 0 Å². The molecule has 4 nitrogen and oxygen atoms in total. The third-order valence-electron chi connectivity index (χ3n) is 4.35. The van der Waals surface area contributed by atoms with E-state index in [0.717, 1.165) is 0 Å². The number of carbonyl (C=O) groups excluding carboxylic acids is 1. The first-order chi connectivity index (χ1) is 11.6. The Morgan fingerprint density at radius 2 is 1.58 bits per heavy atom. The van der Waals surface area contributed by atoms with Crippen LogP contribution < -0.4 is 5.73 Å². The maximum Gasteiger partial charge on any atom is 0.195 e. The zero-order valence-corrected chi connectivity index (χ0v) is 13.0. The Morgan fingerprint density at radius 3 is 2.25 bits per heavy atom. The molecule has 24 heavy (non-hydrogen) atoms. The summed E-state index contributed by atoms with van der Waals surface area (Å²) in [5.74, 6) is -0.216. The molecule has 0 saturated heterocycles. The number of benzene rings is 3. The molecule has 1 aliphatic rings. The van der Waals surface area contributed by atoms with Crippen LogP contribution in [0.2, 0.25) is 5.02 Å². The number of nitriles is 2. The molecule has 0 heterocycles. The molecular formula is C19H8ClN3O. The van der Waals surface area contributed by atoms with Gasteiger partial charge in [-0.05, 0) is 11.6 Å². The molecule has 0 amide bonds. The van der Waals surface area contributed by atoms with Crippen molar-refractivity contribution in [2.75, 3.05) is 5.73 Å². The molecule has 0 aliphatic heterocycles. The van der Waals surface area contributed by atoms with Gasteiger partial charge < -0.3 is 5.73 Å². The Balaban J connectivity index is 2.41. The quantitative estimate of drug-likeness (QED) is 0.493. The molecule has 0 radical (unpaired) electrons. The highest BCUT2D eigenvalue weighted by Gasteiger charge is 2.31. The number of rotatable bonds is 0. The molecule has 0 spiro atoms. The summed E-state index contributed by atoms with van der Waals surface area (Å²) >= 11 is 6.28. The molecule has 4 rings (SSSR count). The molecule has 0 unspecified atom stereocenters. The van der Waals surface area contributed by atoms with E-state index in [1.54, 1.807) is 36.4 Å². The molecule has 0 fully saturated rings. The fourth-order valence-electron chi connectivity index (χ4n) is 3.34. The summed E-state index contributed by atoms with van der Waals surface area (Å²) in [6.07, 6.45) is 0. The van der Waals surface area contributed by atoms with Crippen molar-refractivity contribution < 1.29 is 4.79 Å². The highest BCUT2D eigenvalue weighted by molar-refractivity contribution is 6.40. The first-order valence-electron chi connectivity index (χ1n) is 7.12. The smallest absolute Gasteiger partial charge is 0.195 e. The van der Waals surface area contributed by atoms with Gasteiger partial charge in [0, 0.05) is 27.5 Å². The van der Waals surface area contributed by atoms with E-state index in [4.69, 9.17) is 17.3 Å². The maximum atomic E-state index is 12.9. The second kappa shape index (κ2) is 4.83. The predicted molar refractivity (Wildman–Crippen MR) is 91.7 cm³/mol. The summed E-state index contributed by atoms with van der Waals surface area (Å²) in [7, 11) is 0. The van der Waals surface area contributed by atoms with Gasteiger partial charge in [0.25, 0.3) is 0 Å². The van der Waals surface area contributed by atoms with Crippen LogP contribution in [0.15, 0.2) is 36.4 Å². The first-order valence-corrected chi connectivity index (χ1v) is 7.49. The fourth-order valence-corrected chi connectivity index (χ4v) is 3.58. The highest BCUT2D eigenvalue weighted by atomic mass is 35.5. The molecule has 1 aliphatic carbocycles. The maximum absolute atomic E-state index is 12.9. The minimum Gasteiger partial charge on any atom is -0.397 e. The first kappa shape index (κ1) is 14.3. The van der Waals surface area contributed by atoms with Crippen LogP contribution in [0.1, 0.15) is 27.0 Å². The van der Waals surface area contributed by atoms with E-state index in [1.165, 1.54) is 0 Å². The van der Waals surface area contributed by atoms with Crippen molar-refractivity contribution in [2.45, 2.75) is 0 Å². The molecule has 0 saturated carbocycles. The van der Waals surface area contributed by atoms with E-state index < -0.39 is 0 Å². The Hall–Kier alpha value is -3.34. The summed E-state index contributed by atoms with van der Waals surface area (Å²) in [5.41, 5.74) is 8.59. The van der Waals surface area contributed by atoms with Gasteiger partial charge in [0.05, 0.1) is 21.8 Å². The van der Waals surface area contributed by atoms with Crippen molar-refractivity contribution in [1.29, 1.82) is 10.5 Å². The van der Waals surface area contributed by atoms with Crippen molar-refractivity contribution in [3.63, 3.8) is 0 Å². The standard InChI is InChI=1S/C19H8ClN3O/c20-14-6-5-10-12(7-21)18(23)13(8-22)15-9-3-1-2-4-11(9)19(24)17(14)16(10)15/h1-6H,23H2. The Labute approximate surface area is 142 Å². The Kier molecular flexibility index (Phi) is 2.87. The van der Waals surface area contributed by atoms with Gasteiger partial charge in [0.1, 0.15) is 12.1 Å². The number of fused-ring (bicyclic) bond motifs is 2. The summed E-state index contributed by atoms with van der Waals surface area (Å²) < 4.78 is 0. The average Bonchev–Trinajstić information content (AvgIpc) is 2.60. The van der Waals surface area contributed by atoms with E-state index in [0.29, 0.717) is 38.0 Å². The molecule has 0 bridgehead atoms. The lowest BCUT2D eigenvalue weighted by Gasteiger charge is -2.23. The van der Waals surface area contributed by atoms with Crippen LogP contribution in [-0.4, -0.2) is 5.78 Å². The fraction of sp³-hybridized carbons (Fsp3) is 0. The van der Waals surface area contributed by atoms with Gasteiger partial charge in [-0.2, -0.15) is 10.5 Å². The number of hydrogen-bond acceptors (Lipinski definition) is 4. The third-order valence-corrected chi connectivity index (χ3v) is 4.67. The van der Waals surface area contributed by atoms with Crippen LogP contribution >= 0.6 is 11.6 Å². The topological polar surface area (TPSA) is 90.7 Å². The second-order valence-corrected chi connectivity index (χ2v) is 5.89. The zero-order chi connectivity index (χ0) is 17.0. The van der Waals surface area contributed by atoms with Crippen molar-refractivity contribution in [3.05, 3.63) is 63.7 Å². The molecule has 2 N–H and O–H groups in total. The van der Waals surface area contributed by atoms with Crippen LogP contribution in [0, 0.1) is 22.7 Å². The lowest BCUT2D eigenvalue weighted by molar-refractivity contribution is 0.104. The monoisotopic (exact) mass is 329 g/mol. The van der Waals surface area contributed by atoms with Crippen molar-refractivity contribution in [1.82, 2.24) is 0 Å². The van der Waals surface area contributed by atoms with Gasteiger partial charge in [-0.3, -0.25) is 4.79 Å². The minimum absolute atomic E-state index is 0.125. The number of anilines is 1. The third kappa shape index (κ3) is 1.58. The van der Waals surface area contributed by atoms with E-state index in [2.05, 4.69) is 6.07 Å². The lowest BCUT2D eigenvalue weighted by Crippen LogP contribution is -2.13. The number of carbonyl (C=O) groups is 1. The number of hydrogen-bond donors (Lipinski definition) is 1. The number of nitrogen functional groups attached to an aromatic ring is 1. The zero-order valence-electron chi connectivity index (χ0n) is 12.2. The number of ketones is 1. The number of nitrogens with zero attached hydrogens (tertiary/aromatic N) is 2. The molecular weight excluding hydrogens is 322 g/mol.